The number of nitrogens with one attached hydrogen (secondary N) is 2. The van der Waals surface area contributed by atoms with Crippen LogP contribution in [0.1, 0.15) is 66.4 Å². The molecule has 3 heterocycles. The van der Waals surface area contributed by atoms with E-state index in [0.717, 1.165) is 24.4 Å². The number of aliphatic carboxylic acids is 1. The molecule has 1 saturated heterocycles. The van der Waals surface area contributed by atoms with Gasteiger partial charge in [-0.3, -0.25) is 14.5 Å². The lowest BCUT2D eigenvalue weighted by molar-refractivity contribution is -0.144. The first-order valence-corrected chi connectivity index (χ1v) is 18.7. The van der Waals surface area contributed by atoms with E-state index in [1.807, 2.05) is 27.8 Å². The smallest absolute Gasteiger partial charge is 0.412 e. The van der Waals surface area contributed by atoms with Crippen LogP contribution in [0.5, 0.6) is 5.75 Å². The minimum Gasteiger partial charge on any atom is -0.496 e. The molecule has 2 aliphatic rings. The second kappa shape index (κ2) is 15.7. The number of carboxylic acids is 1. The topological polar surface area (TPSA) is 112 Å². The molecule has 0 saturated carbocycles. The molecule has 0 aliphatic carbocycles. The van der Waals surface area contributed by atoms with E-state index in [4.69, 9.17) is 27.9 Å². The first-order valence-electron chi connectivity index (χ1n) is 18.0. The van der Waals surface area contributed by atoms with Crippen molar-refractivity contribution in [3.05, 3.63) is 93.0 Å². The van der Waals surface area contributed by atoms with Crippen LogP contribution < -0.4 is 15.4 Å². The fourth-order valence-electron chi connectivity index (χ4n) is 7.97. The van der Waals surface area contributed by atoms with Crippen molar-refractivity contribution in [3.8, 4) is 16.9 Å². The Morgan fingerprint density at radius 1 is 1.04 bits per heavy atom. The number of carbonyl (C=O) groups is 2. The summed E-state index contributed by atoms with van der Waals surface area (Å²) in [6.07, 6.45) is -3.50. The zero-order valence-electron chi connectivity index (χ0n) is 31.5. The number of imidazole rings is 1. The first-order chi connectivity index (χ1) is 25.9. The largest absolute Gasteiger partial charge is 0.496 e. The van der Waals surface area contributed by atoms with Crippen LogP contribution in [0.3, 0.4) is 0 Å². The Balaban J connectivity index is 1.25. The molecular weight excluding hydrogens is 756 g/mol. The monoisotopic (exact) mass is 800 g/mol. The second-order valence-corrected chi connectivity index (χ2v) is 16.2. The van der Waals surface area contributed by atoms with Gasteiger partial charge in [0.15, 0.2) is 5.82 Å². The normalized spacial score (nSPS) is 18.5. The van der Waals surface area contributed by atoms with Gasteiger partial charge in [-0.25, -0.2) is 4.98 Å². The molecular formula is C40H45Cl2F3N6O4. The van der Waals surface area contributed by atoms with Gasteiger partial charge in [0.1, 0.15) is 11.8 Å². The summed E-state index contributed by atoms with van der Waals surface area (Å²) in [5.74, 6) is -1.31. The summed E-state index contributed by atoms with van der Waals surface area (Å²) < 4.78 is 52.0. The van der Waals surface area contributed by atoms with E-state index in [1.165, 1.54) is 31.4 Å². The van der Waals surface area contributed by atoms with Gasteiger partial charge < -0.3 is 29.9 Å². The number of carbonyl (C=O) groups excluding carboxylic acids is 1. The Morgan fingerprint density at radius 2 is 1.76 bits per heavy atom. The van der Waals surface area contributed by atoms with Gasteiger partial charge in [0.2, 0.25) is 0 Å². The molecule has 3 N–H and O–H groups in total. The van der Waals surface area contributed by atoms with Crippen molar-refractivity contribution in [2.75, 3.05) is 37.9 Å². The number of halogens is 5. The SMILES string of the molecule is COc1cc(NC(c2cccc(-c3cccc(NC(=O)c4nc5c(n4C)CCN(C)C5)c3Cl)c2)C(F)(F)F)c(Cl)cc1CN1CCC(C(=O)O)C1C(C)(C)C. The minimum atomic E-state index is -4.75. The lowest BCUT2D eigenvalue weighted by atomic mass is 9.79. The standard InChI is InChI=1S/C40H45Cl2F3N6O4/c1-39(2,3)35-26(38(53)54)13-16-51(35)20-24-18-27(41)29(19-32(24)55-6)46-34(40(43,44)45)23-10-7-9-22(17-23)25-11-8-12-28(33(25)42)48-37(52)36-47-30-21-49(4)15-14-31(30)50(36)5/h7-12,17-19,26,34-35,46H,13-16,20-21H2,1-6H3,(H,48,52)(H,53,54). The number of hydrogen-bond acceptors (Lipinski definition) is 7. The molecule has 3 aromatic carbocycles. The van der Waals surface area contributed by atoms with Crippen LogP contribution >= 0.6 is 23.2 Å². The number of benzene rings is 3. The van der Waals surface area contributed by atoms with Crippen LogP contribution in [-0.4, -0.2) is 75.8 Å². The fraction of sp³-hybridized carbons (Fsp3) is 0.425. The van der Waals surface area contributed by atoms with Gasteiger partial charge in [-0.1, -0.05) is 74.3 Å². The van der Waals surface area contributed by atoms with Crippen LogP contribution in [0.25, 0.3) is 11.1 Å². The molecule has 1 aromatic heterocycles. The number of hydrogen-bond donors (Lipinski definition) is 3. The van der Waals surface area contributed by atoms with Gasteiger partial charge in [-0.2, -0.15) is 13.2 Å². The molecule has 1 fully saturated rings. The Labute approximate surface area is 328 Å². The Morgan fingerprint density at radius 3 is 2.44 bits per heavy atom. The van der Waals surface area contributed by atoms with E-state index in [2.05, 4.69) is 25.4 Å². The number of carboxylic acid groups (broad SMARTS) is 1. The lowest BCUT2D eigenvalue weighted by Crippen LogP contribution is -2.44. The quantitative estimate of drug-likeness (QED) is 0.146. The third-order valence-electron chi connectivity index (χ3n) is 10.5. The van der Waals surface area contributed by atoms with Crippen LogP contribution in [0, 0.1) is 11.3 Å². The Bertz CT molecular complexity index is 2100. The van der Waals surface area contributed by atoms with Crippen molar-refractivity contribution in [1.82, 2.24) is 19.4 Å². The van der Waals surface area contributed by atoms with Crippen molar-refractivity contribution in [3.63, 3.8) is 0 Å². The van der Waals surface area contributed by atoms with E-state index >= 15 is 0 Å². The van der Waals surface area contributed by atoms with Crippen LogP contribution in [0.2, 0.25) is 10.0 Å². The minimum absolute atomic E-state index is 0.0116. The molecule has 1 amide bonds. The molecule has 294 valence electrons. The molecule has 55 heavy (non-hydrogen) atoms. The highest BCUT2D eigenvalue weighted by Crippen LogP contribution is 2.43. The van der Waals surface area contributed by atoms with E-state index in [-0.39, 0.29) is 38.6 Å². The summed E-state index contributed by atoms with van der Waals surface area (Å²) in [7, 11) is 5.22. The maximum atomic E-state index is 14.9. The molecule has 0 bridgehead atoms. The highest BCUT2D eigenvalue weighted by Gasteiger charge is 2.45. The molecule has 3 unspecified atom stereocenters. The van der Waals surface area contributed by atoms with Crippen molar-refractivity contribution in [2.24, 2.45) is 18.4 Å². The van der Waals surface area contributed by atoms with Gasteiger partial charge in [-0.15, -0.1) is 0 Å². The van der Waals surface area contributed by atoms with E-state index < -0.39 is 30.0 Å². The van der Waals surface area contributed by atoms with Crippen LogP contribution in [0.4, 0.5) is 24.5 Å². The number of aromatic nitrogens is 2. The number of anilines is 2. The number of likely N-dealkylation sites (tertiary alicyclic amines) is 1. The summed E-state index contributed by atoms with van der Waals surface area (Å²) in [6, 6.07) is 11.5. The third kappa shape index (κ3) is 8.45. The summed E-state index contributed by atoms with van der Waals surface area (Å²) in [5, 5.41) is 15.5. The number of rotatable bonds is 10. The predicted molar refractivity (Wildman–Crippen MR) is 208 cm³/mol. The molecule has 4 aromatic rings. The Kier molecular flexibility index (Phi) is 11.5. The highest BCUT2D eigenvalue weighted by atomic mass is 35.5. The average Bonchev–Trinajstić information content (AvgIpc) is 3.69. The summed E-state index contributed by atoms with van der Waals surface area (Å²) in [6.45, 7) is 8.31. The zero-order valence-corrected chi connectivity index (χ0v) is 33.0. The molecule has 0 radical (unpaired) electrons. The molecule has 2 aliphatic heterocycles. The third-order valence-corrected chi connectivity index (χ3v) is 11.2. The first kappa shape index (κ1) is 40.4. The van der Waals surface area contributed by atoms with Crippen molar-refractivity contribution in [1.29, 1.82) is 0 Å². The van der Waals surface area contributed by atoms with Gasteiger partial charge in [-0.05, 0) is 54.8 Å². The average molecular weight is 802 g/mol. The molecule has 15 heteroatoms. The highest BCUT2D eigenvalue weighted by molar-refractivity contribution is 6.36. The van der Waals surface area contributed by atoms with Gasteiger partial charge >= 0.3 is 12.1 Å². The number of nitrogens with zero attached hydrogens (tertiary/aromatic N) is 4. The van der Waals surface area contributed by atoms with E-state index in [0.29, 0.717) is 54.2 Å². The molecule has 10 nitrogen and oxygen atoms in total. The summed E-state index contributed by atoms with van der Waals surface area (Å²) >= 11 is 13.5. The van der Waals surface area contributed by atoms with Crippen molar-refractivity contribution >= 4 is 46.5 Å². The maximum Gasteiger partial charge on any atom is 0.412 e. The zero-order chi connectivity index (χ0) is 40.0. The number of alkyl halides is 3. The Hall–Kier alpha value is -4.30. The van der Waals surface area contributed by atoms with Gasteiger partial charge in [0, 0.05) is 62.0 Å². The summed E-state index contributed by atoms with van der Waals surface area (Å²) in [5.41, 5.74) is 3.15. The molecule has 3 atom stereocenters. The summed E-state index contributed by atoms with van der Waals surface area (Å²) in [4.78, 5) is 34.2. The van der Waals surface area contributed by atoms with Crippen molar-refractivity contribution < 1.29 is 32.6 Å². The maximum absolute atomic E-state index is 14.9. The molecule has 0 spiro atoms. The fourth-order valence-corrected chi connectivity index (χ4v) is 8.49. The number of methoxy groups -OCH3 is 1. The van der Waals surface area contributed by atoms with Gasteiger partial charge in [0.25, 0.3) is 5.91 Å². The van der Waals surface area contributed by atoms with Crippen LogP contribution in [-0.2, 0) is 31.4 Å². The number of ether oxygens (including phenoxy) is 1. The molecule has 6 rings (SSSR count). The van der Waals surface area contributed by atoms with Crippen LogP contribution in [0.15, 0.2) is 54.6 Å². The van der Waals surface area contributed by atoms with E-state index in [1.54, 1.807) is 41.9 Å². The van der Waals surface area contributed by atoms with Gasteiger partial charge in [0.05, 0.1) is 40.1 Å². The van der Waals surface area contributed by atoms with E-state index in [9.17, 15) is 27.9 Å². The predicted octanol–water partition coefficient (Wildman–Crippen LogP) is 8.68. The lowest BCUT2D eigenvalue weighted by Gasteiger charge is -2.37. The number of amides is 1. The number of likely N-dealkylation sites (N-methyl/N-ethyl adjacent to an activating group) is 1. The van der Waals surface area contributed by atoms with Crippen molar-refractivity contribution in [2.45, 2.75) is 65.0 Å². The second-order valence-electron chi connectivity index (χ2n) is 15.4. The number of fused-ring (bicyclic) bond motifs is 1.